The van der Waals surface area contributed by atoms with Gasteiger partial charge in [-0.3, -0.25) is 14.9 Å². The first-order chi connectivity index (χ1) is 10.5. The fourth-order valence-electron chi connectivity index (χ4n) is 1.61. The molecular formula is C13H12N4O5. The minimum Gasteiger partial charge on any atom is -0.395 e. The first-order valence-corrected chi connectivity index (χ1v) is 6.14. The van der Waals surface area contributed by atoms with Gasteiger partial charge in [-0.05, 0) is 24.3 Å². The van der Waals surface area contributed by atoms with Gasteiger partial charge in [-0.25, -0.2) is 4.79 Å². The summed E-state index contributed by atoms with van der Waals surface area (Å²) in [5.41, 5.74) is 0.875. The highest BCUT2D eigenvalue weighted by atomic mass is 16.6. The summed E-state index contributed by atoms with van der Waals surface area (Å²) >= 11 is 0. The third-order valence-electron chi connectivity index (χ3n) is 2.60. The second-order valence-electron chi connectivity index (χ2n) is 4.13. The van der Waals surface area contributed by atoms with Crippen LogP contribution in [0.2, 0.25) is 0 Å². The van der Waals surface area contributed by atoms with Gasteiger partial charge in [0.2, 0.25) is 0 Å². The van der Waals surface area contributed by atoms with Gasteiger partial charge >= 0.3 is 11.9 Å². The van der Waals surface area contributed by atoms with Gasteiger partial charge in [0.15, 0.2) is 5.76 Å². The summed E-state index contributed by atoms with van der Waals surface area (Å²) in [6.45, 7) is 0. The number of carbonyl (C=O) groups is 2. The monoisotopic (exact) mass is 304 g/mol. The lowest BCUT2D eigenvalue weighted by atomic mass is 10.2. The fraction of sp³-hybridized carbons (Fsp3) is 0.0769. The van der Waals surface area contributed by atoms with Crippen LogP contribution in [0.5, 0.6) is 0 Å². The Morgan fingerprint density at radius 3 is 2.41 bits per heavy atom. The maximum Gasteiger partial charge on any atom is 0.433 e. The van der Waals surface area contributed by atoms with Crippen LogP contribution >= 0.6 is 0 Å². The number of amides is 3. The number of nitrogens with zero attached hydrogens (tertiary/aromatic N) is 1. The predicted molar refractivity (Wildman–Crippen MR) is 77.8 cm³/mol. The Morgan fingerprint density at radius 2 is 1.82 bits per heavy atom. The maximum atomic E-state index is 11.9. The first-order valence-electron chi connectivity index (χ1n) is 6.14. The third kappa shape index (κ3) is 3.60. The maximum absolute atomic E-state index is 11.9. The van der Waals surface area contributed by atoms with Crippen molar-refractivity contribution < 1.29 is 18.9 Å². The van der Waals surface area contributed by atoms with E-state index < -0.39 is 22.7 Å². The van der Waals surface area contributed by atoms with E-state index in [1.807, 2.05) is 0 Å². The number of hydrogen-bond acceptors (Lipinski definition) is 5. The van der Waals surface area contributed by atoms with Crippen LogP contribution in [0, 0.1) is 10.1 Å². The van der Waals surface area contributed by atoms with Gasteiger partial charge in [-0.2, -0.15) is 0 Å². The van der Waals surface area contributed by atoms with Crippen molar-refractivity contribution in [3.05, 3.63) is 52.3 Å². The van der Waals surface area contributed by atoms with Gasteiger partial charge in [0, 0.05) is 18.4 Å². The summed E-state index contributed by atoms with van der Waals surface area (Å²) in [7, 11) is 1.48. The van der Waals surface area contributed by atoms with Crippen LogP contribution in [0.1, 0.15) is 10.6 Å². The van der Waals surface area contributed by atoms with Gasteiger partial charge < -0.3 is 20.4 Å². The molecule has 114 valence electrons. The van der Waals surface area contributed by atoms with E-state index >= 15 is 0 Å². The Bertz CT molecular complexity index is 725. The predicted octanol–water partition coefficient (Wildman–Crippen LogP) is 2.19. The summed E-state index contributed by atoms with van der Waals surface area (Å²) in [6.07, 6.45) is 0. The number of carbonyl (C=O) groups excluding carboxylic acids is 2. The SMILES string of the molecule is CNC(=O)Nc1cccc(NC(=O)c2ccc([N+](=O)[O-])o2)c1. The molecule has 1 heterocycles. The van der Waals surface area contributed by atoms with Crippen LogP contribution in [0.3, 0.4) is 0 Å². The average molecular weight is 304 g/mol. The first kappa shape index (κ1) is 15.0. The standard InChI is InChI=1S/C13H12N4O5/c1-14-13(19)16-9-4-2-3-8(7-9)15-12(18)10-5-6-11(22-10)17(20)21/h2-7H,1H3,(H,15,18)(H2,14,16,19). The molecule has 0 fully saturated rings. The van der Waals surface area contributed by atoms with Crippen molar-refractivity contribution in [2.24, 2.45) is 0 Å². The van der Waals surface area contributed by atoms with E-state index in [2.05, 4.69) is 16.0 Å². The molecule has 2 rings (SSSR count). The van der Waals surface area contributed by atoms with Crippen molar-refractivity contribution in [1.29, 1.82) is 0 Å². The van der Waals surface area contributed by atoms with Gasteiger partial charge in [0.1, 0.15) is 4.92 Å². The number of benzene rings is 1. The van der Waals surface area contributed by atoms with E-state index in [0.717, 1.165) is 6.07 Å². The van der Waals surface area contributed by atoms with Gasteiger partial charge in [0.25, 0.3) is 5.91 Å². The lowest BCUT2D eigenvalue weighted by molar-refractivity contribution is -0.402. The molecule has 0 bridgehead atoms. The molecule has 9 heteroatoms. The van der Waals surface area contributed by atoms with Crippen LogP contribution in [-0.2, 0) is 0 Å². The van der Waals surface area contributed by atoms with E-state index in [9.17, 15) is 19.7 Å². The topological polar surface area (TPSA) is 127 Å². The molecule has 1 aromatic carbocycles. The molecule has 0 aliphatic heterocycles. The number of furan rings is 1. The highest BCUT2D eigenvalue weighted by molar-refractivity contribution is 6.02. The minimum absolute atomic E-state index is 0.184. The Morgan fingerprint density at radius 1 is 1.14 bits per heavy atom. The second-order valence-corrected chi connectivity index (χ2v) is 4.13. The molecule has 0 radical (unpaired) electrons. The van der Waals surface area contributed by atoms with Crippen LogP contribution in [0.25, 0.3) is 0 Å². The number of hydrogen-bond donors (Lipinski definition) is 3. The van der Waals surface area contributed by atoms with E-state index in [1.165, 1.54) is 19.2 Å². The Kier molecular flexibility index (Phi) is 4.37. The van der Waals surface area contributed by atoms with Gasteiger partial charge in [-0.1, -0.05) is 6.07 Å². The zero-order chi connectivity index (χ0) is 16.1. The summed E-state index contributed by atoms with van der Waals surface area (Å²) < 4.78 is 4.80. The highest BCUT2D eigenvalue weighted by Crippen LogP contribution is 2.19. The zero-order valence-electron chi connectivity index (χ0n) is 11.5. The molecule has 1 aromatic heterocycles. The third-order valence-corrected chi connectivity index (χ3v) is 2.60. The minimum atomic E-state index is -0.731. The normalized spacial score (nSPS) is 9.86. The molecule has 3 N–H and O–H groups in total. The van der Waals surface area contributed by atoms with E-state index in [-0.39, 0.29) is 5.76 Å². The van der Waals surface area contributed by atoms with Gasteiger partial charge in [-0.15, -0.1) is 0 Å². The van der Waals surface area contributed by atoms with Crippen molar-refractivity contribution in [3.63, 3.8) is 0 Å². The molecule has 0 saturated heterocycles. The van der Waals surface area contributed by atoms with E-state index in [0.29, 0.717) is 11.4 Å². The van der Waals surface area contributed by atoms with Gasteiger partial charge in [0.05, 0.1) is 6.07 Å². The Hall–Kier alpha value is -3.36. The lowest BCUT2D eigenvalue weighted by Crippen LogP contribution is -2.24. The summed E-state index contributed by atoms with van der Waals surface area (Å²) in [5.74, 6) is -1.33. The highest BCUT2D eigenvalue weighted by Gasteiger charge is 2.17. The van der Waals surface area contributed by atoms with Crippen LogP contribution in [0.15, 0.2) is 40.8 Å². The molecule has 0 unspecified atom stereocenters. The molecule has 22 heavy (non-hydrogen) atoms. The molecule has 0 aliphatic rings. The number of nitrogens with one attached hydrogen (secondary N) is 3. The van der Waals surface area contributed by atoms with Crippen molar-refractivity contribution >= 4 is 29.2 Å². The average Bonchev–Trinajstić information content (AvgIpc) is 2.97. The molecule has 9 nitrogen and oxygen atoms in total. The molecular weight excluding hydrogens is 292 g/mol. The quantitative estimate of drug-likeness (QED) is 0.589. The summed E-state index contributed by atoms with van der Waals surface area (Å²) in [5, 5.41) is 18.0. The fourth-order valence-corrected chi connectivity index (χ4v) is 1.61. The van der Waals surface area contributed by atoms with Crippen molar-refractivity contribution in [2.45, 2.75) is 0 Å². The van der Waals surface area contributed by atoms with Crippen LogP contribution in [0.4, 0.5) is 22.1 Å². The molecule has 0 atom stereocenters. The largest absolute Gasteiger partial charge is 0.433 e. The molecule has 0 spiro atoms. The number of rotatable bonds is 4. The van der Waals surface area contributed by atoms with Crippen LogP contribution < -0.4 is 16.0 Å². The zero-order valence-corrected chi connectivity index (χ0v) is 11.5. The Labute approximate surface area is 124 Å². The van der Waals surface area contributed by atoms with Crippen molar-refractivity contribution in [1.82, 2.24) is 5.32 Å². The smallest absolute Gasteiger partial charge is 0.395 e. The molecule has 2 aromatic rings. The molecule has 3 amide bonds. The lowest BCUT2D eigenvalue weighted by Gasteiger charge is -2.07. The summed E-state index contributed by atoms with van der Waals surface area (Å²) in [6, 6.07) is 8.31. The van der Waals surface area contributed by atoms with Crippen molar-refractivity contribution in [2.75, 3.05) is 17.7 Å². The van der Waals surface area contributed by atoms with E-state index in [4.69, 9.17) is 4.42 Å². The number of urea groups is 1. The van der Waals surface area contributed by atoms with Crippen LogP contribution in [-0.4, -0.2) is 23.9 Å². The molecule has 0 saturated carbocycles. The number of nitro groups is 1. The Balaban J connectivity index is 2.09. The van der Waals surface area contributed by atoms with E-state index in [1.54, 1.807) is 18.2 Å². The molecule has 0 aliphatic carbocycles. The second kappa shape index (κ2) is 6.39. The number of anilines is 2. The summed E-state index contributed by atoms with van der Waals surface area (Å²) in [4.78, 5) is 32.9. The van der Waals surface area contributed by atoms with Crippen molar-refractivity contribution in [3.8, 4) is 0 Å².